The fourth-order valence-corrected chi connectivity index (χ4v) is 3.67. The first-order chi connectivity index (χ1) is 18.1. The number of anilines is 1. The number of nitrogens with one attached hydrogen (secondary N) is 2. The van der Waals surface area contributed by atoms with E-state index >= 15 is 0 Å². The third kappa shape index (κ3) is 7.49. The van der Waals surface area contributed by atoms with E-state index in [-0.39, 0.29) is 24.0 Å². The van der Waals surface area contributed by atoms with Crippen molar-refractivity contribution >= 4 is 17.5 Å². The van der Waals surface area contributed by atoms with E-state index in [2.05, 4.69) is 10.6 Å². The van der Waals surface area contributed by atoms with E-state index < -0.39 is 11.7 Å². The van der Waals surface area contributed by atoms with Gasteiger partial charge in [-0.1, -0.05) is 78.9 Å². The van der Waals surface area contributed by atoms with Gasteiger partial charge in [0.15, 0.2) is 6.61 Å². The molecule has 188 valence electrons. The van der Waals surface area contributed by atoms with Crippen molar-refractivity contribution in [2.75, 3.05) is 11.9 Å². The van der Waals surface area contributed by atoms with Gasteiger partial charge in [-0.25, -0.2) is 4.39 Å². The highest BCUT2D eigenvalue weighted by Crippen LogP contribution is 2.19. The van der Waals surface area contributed by atoms with Gasteiger partial charge in [0.1, 0.15) is 11.6 Å². The summed E-state index contributed by atoms with van der Waals surface area (Å²) in [5, 5.41) is 5.37. The van der Waals surface area contributed by atoms with E-state index in [4.69, 9.17) is 9.47 Å². The second-order valence-electron chi connectivity index (χ2n) is 8.24. The summed E-state index contributed by atoms with van der Waals surface area (Å²) >= 11 is 0. The van der Waals surface area contributed by atoms with Crippen LogP contribution in [0, 0.1) is 5.82 Å². The van der Waals surface area contributed by atoms with Gasteiger partial charge in [-0.3, -0.25) is 9.59 Å². The molecule has 0 bridgehead atoms. The van der Waals surface area contributed by atoms with Crippen LogP contribution in [0.1, 0.15) is 27.0 Å². The Bertz CT molecular complexity index is 1340. The summed E-state index contributed by atoms with van der Waals surface area (Å²) in [7, 11) is 0. The van der Waals surface area contributed by atoms with Gasteiger partial charge in [-0.05, 0) is 41.0 Å². The van der Waals surface area contributed by atoms with Crippen molar-refractivity contribution in [2.45, 2.75) is 19.8 Å². The maximum absolute atomic E-state index is 13.8. The summed E-state index contributed by atoms with van der Waals surface area (Å²) in [6.45, 7) is 0.834. The predicted molar refractivity (Wildman–Crippen MR) is 140 cm³/mol. The maximum atomic E-state index is 13.8. The molecule has 0 atom stereocenters. The number of carbonyl (C=O) groups is 2. The Kier molecular flexibility index (Phi) is 8.99. The normalized spacial score (nSPS) is 10.5. The first-order valence-corrected chi connectivity index (χ1v) is 11.8. The number of amides is 2. The Morgan fingerprint density at radius 1 is 0.730 bits per heavy atom. The molecule has 4 rings (SSSR count). The molecular formula is C30H27FN2O4. The zero-order chi connectivity index (χ0) is 25.9. The third-order valence-corrected chi connectivity index (χ3v) is 5.57. The van der Waals surface area contributed by atoms with E-state index in [0.717, 1.165) is 16.7 Å². The zero-order valence-corrected chi connectivity index (χ0v) is 20.2. The van der Waals surface area contributed by atoms with Crippen LogP contribution in [0.3, 0.4) is 0 Å². The molecule has 0 heterocycles. The number of rotatable bonds is 11. The van der Waals surface area contributed by atoms with Crippen molar-refractivity contribution in [1.82, 2.24) is 5.32 Å². The van der Waals surface area contributed by atoms with Gasteiger partial charge < -0.3 is 20.1 Å². The number of halogens is 1. The molecule has 6 nitrogen and oxygen atoms in total. The lowest BCUT2D eigenvalue weighted by Gasteiger charge is -2.14. The van der Waals surface area contributed by atoms with Gasteiger partial charge in [-0.2, -0.15) is 0 Å². The van der Waals surface area contributed by atoms with Crippen molar-refractivity contribution in [3.8, 4) is 5.75 Å². The van der Waals surface area contributed by atoms with Crippen molar-refractivity contribution < 1.29 is 23.5 Å². The molecule has 4 aromatic carbocycles. The second kappa shape index (κ2) is 13.0. The van der Waals surface area contributed by atoms with Crippen LogP contribution in [0.2, 0.25) is 0 Å². The highest BCUT2D eigenvalue weighted by molar-refractivity contribution is 5.97. The van der Waals surface area contributed by atoms with Crippen LogP contribution in [-0.2, 0) is 29.3 Å². The summed E-state index contributed by atoms with van der Waals surface area (Å²) in [6.07, 6.45) is 0. The minimum Gasteiger partial charge on any atom is -0.483 e. The van der Waals surface area contributed by atoms with E-state index in [1.54, 1.807) is 30.3 Å². The predicted octanol–water partition coefficient (Wildman–Crippen LogP) is 5.49. The van der Waals surface area contributed by atoms with Crippen LogP contribution >= 0.6 is 0 Å². The molecule has 0 aromatic heterocycles. The molecule has 0 spiro atoms. The number of carbonyl (C=O) groups excluding carboxylic acids is 2. The standard InChI is InChI=1S/C30H27FN2O4/c31-26-15-7-8-16-27(26)33-29(34)21-37-28-17-9-6-14-25(28)30(35)32-18-23-12-4-5-13-24(23)20-36-19-22-10-2-1-3-11-22/h1-17H,18-21H2,(H,32,35)(H,33,34). The molecule has 0 radical (unpaired) electrons. The summed E-state index contributed by atoms with van der Waals surface area (Å²) < 4.78 is 25.2. The van der Waals surface area contributed by atoms with Crippen LogP contribution < -0.4 is 15.4 Å². The summed E-state index contributed by atoms with van der Waals surface area (Å²) in [6, 6.07) is 30.2. The number of ether oxygens (including phenoxy) is 2. The van der Waals surface area contributed by atoms with Crippen LogP contribution in [-0.4, -0.2) is 18.4 Å². The first kappa shape index (κ1) is 25.6. The highest BCUT2D eigenvalue weighted by atomic mass is 19.1. The molecule has 4 aromatic rings. The number of benzene rings is 4. The quantitative estimate of drug-likeness (QED) is 0.287. The molecule has 0 saturated carbocycles. The van der Waals surface area contributed by atoms with E-state index in [9.17, 15) is 14.0 Å². The molecule has 0 saturated heterocycles. The lowest BCUT2D eigenvalue weighted by molar-refractivity contribution is -0.118. The molecule has 37 heavy (non-hydrogen) atoms. The monoisotopic (exact) mass is 498 g/mol. The average molecular weight is 499 g/mol. The molecule has 7 heteroatoms. The van der Waals surface area contributed by atoms with Crippen molar-refractivity contribution in [1.29, 1.82) is 0 Å². The summed E-state index contributed by atoms with van der Waals surface area (Å²) in [5.41, 5.74) is 3.36. The van der Waals surface area contributed by atoms with Gasteiger partial charge >= 0.3 is 0 Å². The van der Waals surface area contributed by atoms with Crippen molar-refractivity contribution in [3.63, 3.8) is 0 Å². The third-order valence-electron chi connectivity index (χ3n) is 5.57. The molecule has 0 fully saturated rings. The van der Waals surface area contributed by atoms with Gasteiger partial charge in [0.2, 0.25) is 0 Å². The average Bonchev–Trinajstić information content (AvgIpc) is 2.93. The van der Waals surface area contributed by atoms with Crippen LogP contribution in [0.4, 0.5) is 10.1 Å². The van der Waals surface area contributed by atoms with Crippen molar-refractivity contribution in [2.24, 2.45) is 0 Å². The number of para-hydroxylation sites is 2. The first-order valence-electron chi connectivity index (χ1n) is 11.8. The Morgan fingerprint density at radius 2 is 1.41 bits per heavy atom. The Labute approximate surface area is 215 Å². The maximum Gasteiger partial charge on any atom is 0.262 e. The lowest BCUT2D eigenvalue weighted by atomic mass is 10.1. The summed E-state index contributed by atoms with van der Waals surface area (Å²) in [4.78, 5) is 25.2. The van der Waals surface area contributed by atoms with Gasteiger partial charge in [-0.15, -0.1) is 0 Å². The van der Waals surface area contributed by atoms with E-state index in [0.29, 0.717) is 25.3 Å². The fraction of sp³-hybridized carbons (Fsp3) is 0.133. The minimum absolute atomic E-state index is 0.0635. The smallest absolute Gasteiger partial charge is 0.262 e. The Hall–Kier alpha value is -4.49. The minimum atomic E-state index is -0.540. The Morgan fingerprint density at radius 3 is 2.22 bits per heavy atom. The zero-order valence-electron chi connectivity index (χ0n) is 20.2. The molecule has 2 N–H and O–H groups in total. The molecular weight excluding hydrogens is 471 g/mol. The fourth-order valence-electron chi connectivity index (χ4n) is 3.67. The van der Waals surface area contributed by atoms with Gasteiger partial charge in [0.25, 0.3) is 11.8 Å². The van der Waals surface area contributed by atoms with Crippen LogP contribution in [0.15, 0.2) is 103 Å². The largest absolute Gasteiger partial charge is 0.483 e. The number of hydrogen-bond acceptors (Lipinski definition) is 4. The van der Waals surface area contributed by atoms with E-state index in [1.807, 2.05) is 54.6 Å². The van der Waals surface area contributed by atoms with E-state index in [1.165, 1.54) is 18.2 Å². The lowest BCUT2D eigenvalue weighted by Crippen LogP contribution is -2.25. The van der Waals surface area contributed by atoms with Gasteiger partial charge in [0.05, 0.1) is 24.5 Å². The van der Waals surface area contributed by atoms with Gasteiger partial charge in [0, 0.05) is 6.54 Å². The second-order valence-corrected chi connectivity index (χ2v) is 8.24. The highest BCUT2D eigenvalue weighted by Gasteiger charge is 2.15. The molecule has 0 unspecified atom stereocenters. The topological polar surface area (TPSA) is 76.7 Å². The number of hydrogen-bond donors (Lipinski definition) is 2. The molecule has 0 aliphatic heterocycles. The van der Waals surface area contributed by atoms with Crippen molar-refractivity contribution in [3.05, 3.63) is 131 Å². The molecule has 0 aliphatic rings. The SMILES string of the molecule is O=C(COc1ccccc1C(=O)NCc1ccccc1COCc1ccccc1)Nc1ccccc1F. The molecule has 2 amide bonds. The molecule has 0 aliphatic carbocycles. The Balaban J connectivity index is 1.32. The van der Waals surface area contributed by atoms with Crippen LogP contribution in [0.25, 0.3) is 0 Å². The summed E-state index contributed by atoms with van der Waals surface area (Å²) in [5.74, 6) is -1.17. The van der Waals surface area contributed by atoms with Crippen LogP contribution in [0.5, 0.6) is 5.75 Å².